The lowest BCUT2D eigenvalue weighted by Gasteiger charge is -2.44. The van der Waals surface area contributed by atoms with Crippen LogP contribution in [0.1, 0.15) is 39.2 Å². The van der Waals surface area contributed by atoms with Gasteiger partial charge in [-0.2, -0.15) is 0 Å². The van der Waals surface area contributed by atoms with E-state index in [1.54, 1.807) is 0 Å². The van der Waals surface area contributed by atoms with Crippen molar-refractivity contribution in [3.8, 4) is 5.75 Å². The fourth-order valence-electron chi connectivity index (χ4n) is 2.90. The number of esters is 1. The largest absolute Gasteiger partial charge is 0.487 e. The summed E-state index contributed by atoms with van der Waals surface area (Å²) in [5.74, 6) is 0.493. The number of rotatable bonds is 4. The first-order valence-corrected chi connectivity index (χ1v) is 7.07. The SMILES string of the molecule is CCCNC1(C(=O)OC)CC(C)(C)Oc2ccccc21. The van der Waals surface area contributed by atoms with E-state index in [0.29, 0.717) is 6.42 Å². The maximum Gasteiger partial charge on any atom is 0.331 e. The third kappa shape index (κ3) is 2.52. The van der Waals surface area contributed by atoms with Crippen LogP contribution in [0.2, 0.25) is 0 Å². The number of hydrogen-bond acceptors (Lipinski definition) is 4. The summed E-state index contributed by atoms with van der Waals surface area (Å²) in [5, 5.41) is 3.39. The predicted molar refractivity (Wildman–Crippen MR) is 77.8 cm³/mol. The first kappa shape index (κ1) is 14.9. The lowest BCUT2D eigenvalue weighted by molar-refractivity contribution is -0.153. The average Bonchev–Trinajstić information content (AvgIpc) is 2.42. The Hall–Kier alpha value is -1.55. The van der Waals surface area contributed by atoms with E-state index in [0.717, 1.165) is 24.3 Å². The number of para-hydroxylation sites is 1. The van der Waals surface area contributed by atoms with Crippen molar-refractivity contribution >= 4 is 5.97 Å². The molecule has 0 saturated heterocycles. The molecule has 0 spiro atoms. The maximum atomic E-state index is 12.5. The summed E-state index contributed by atoms with van der Waals surface area (Å²) < 4.78 is 11.1. The van der Waals surface area contributed by atoms with Crippen LogP contribution in [-0.4, -0.2) is 25.2 Å². The molecule has 1 aliphatic heterocycles. The van der Waals surface area contributed by atoms with Crippen LogP contribution in [0.25, 0.3) is 0 Å². The first-order chi connectivity index (χ1) is 9.45. The molecule has 20 heavy (non-hydrogen) atoms. The number of carbonyl (C=O) groups is 1. The molecule has 0 saturated carbocycles. The zero-order valence-electron chi connectivity index (χ0n) is 12.7. The third-order valence-corrected chi connectivity index (χ3v) is 3.63. The highest BCUT2D eigenvalue weighted by molar-refractivity contribution is 5.84. The van der Waals surface area contributed by atoms with E-state index in [4.69, 9.17) is 9.47 Å². The van der Waals surface area contributed by atoms with Crippen molar-refractivity contribution in [2.24, 2.45) is 0 Å². The van der Waals surface area contributed by atoms with Crippen LogP contribution in [0.5, 0.6) is 5.75 Å². The van der Waals surface area contributed by atoms with Crippen LogP contribution < -0.4 is 10.1 Å². The summed E-state index contributed by atoms with van der Waals surface area (Å²) in [4.78, 5) is 12.5. The molecule has 110 valence electrons. The Labute approximate surface area is 120 Å². The Balaban J connectivity index is 2.56. The van der Waals surface area contributed by atoms with E-state index in [-0.39, 0.29) is 5.97 Å². The van der Waals surface area contributed by atoms with Crippen LogP contribution in [0.15, 0.2) is 24.3 Å². The predicted octanol–water partition coefficient (Wildman–Crippen LogP) is 2.62. The van der Waals surface area contributed by atoms with Crippen molar-refractivity contribution in [2.75, 3.05) is 13.7 Å². The van der Waals surface area contributed by atoms with Crippen molar-refractivity contribution in [2.45, 2.75) is 44.8 Å². The van der Waals surface area contributed by atoms with Gasteiger partial charge in [0.05, 0.1) is 7.11 Å². The number of carbonyl (C=O) groups excluding carboxylic acids is 1. The molecule has 1 aliphatic rings. The van der Waals surface area contributed by atoms with Gasteiger partial charge in [-0.15, -0.1) is 0 Å². The number of benzene rings is 1. The van der Waals surface area contributed by atoms with E-state index in [1.165, 1.54) is 7.11 Å². The summed E-state index contributed by atoms with van der Waals surface area (Å²) in [5.41, 5.74) is -0.397. The van der Waals surface area contributed by atoms with Gasteiger partial charge in [-0.05, 0) is 32.9 Å². The van der Waals surface area contributed by atoms with Gasteiger partial charge in [0, 0.05) is 12.0 Å². The van der Waals surface area contributed by atoms with Crippen molar-refractivity contribution < 1.29 is 14.3 Å². The lowest BCUT2D eigenvalue weighted by atomic mass is 9.77. The Morgan fingerprint density at radius 3 is 2.75 bits per heavy atom. The van der Waals surface area contributed by atoms with Gasteiger partial charge in [0.15, 0.2) is 0 Å². The van der Waals surface area contributed by atoms with Gasteiger partial charge in [-0.25, -0.2) is 4.79 Å². The van der Waals surface area contributed by atoms with Crippen LogP contribution >= 0.6 is 0 Å². The summed E-state index contributed by atoms with van der Waals surface area (Å²) in [6.07, 6.45) is 1.49. The van der Waals surface area contributed by atoms with Crippen molar-refractivity contribution in [1.82, 2.24) is 5.32 Å². The summed E-state index contributed by atoms with van der Waals surface area (Å²) in [6.45, 7) is 6.82. The number of hydrogen-bond donors (Lipinski definition) is 1. The second-order valence-electron chi connectivity index (χ2n) is 5.86. The summed E-state index contributed by atoms with van der Waals surface area (Å²) in [7, 11) is 1.43. The van der Waals surface area contributed by atoms with Gasteiger partial charge in [-0.1, -0.05) is 25.1 Å². The maximum absolute atomic E-state index is 12.5. The van der Waals surface area contributed by atoms with E-state index >= 15 is 0 Å². The lowest BCUT2D eigenvalue weighted by Crippen LogP contribution is -2.57. The summed E-state index contributed by atoms with van der Waals surface area (Å²) in [6, 6.07) is 7.68. The van der Waals surface area contributed by atoms with Gasteiger partial charge in [-0.3, -0.25) is 5.32 Å². The van der Waals surface area contributed by atoms with Gasteiger partial charge in [0.2, 0.25) is 0 Å². The third-order valence-electron chi connectivity index (χ3n) is 3.63. The second kappa shape index (κ2) is 5.44. The highest BCUT2D eigenvalue weighted by atomic mass is 16.5. The standard InChI is InChI=1S/C16H23NO3/c1-5-10-17-16(14(18)19-4)11-15(2,3)20-13-9-7-6-8-12(13)16/h6-9,17H,5,10-11H2,1-4H3. The highest BCUT2D eigenvalue weighted by Crippen LogP contribution is 2.44. The zero-order chi connectivity index (χ0) is 14.8. The Morgan fingerprint density at radius 2 is 2.10 bits per heavy atom. The molecule has 1 aromatic carbocycles. The van der Waals surface area contributed by atoms with Crippen LogP contribution in [0.3, 0.4) is 0 Å². The second-order valence-corrected chi connectivity index (χ2v) is 5.86. The molecule has 0 amide bonds. The number of fused-ring (bicyclic) bond motifs is 1. The molecule has 4 heteroatoms. The van der Waals surface area contributed by atoms with Crippen LogP contribution in [0.4, 0.5) is 0 Å². The Morgan fingerprint density at radius 1 is 1.40 bits per heavy atom. The Bertz CT molecular complexity index is 498. The van der Waals surface area contributed by atoms with Crippen LogP contribution in [-0.2, 0) is 15.1 Å². The zero-order valence-corrected chi connectivity index (χ0v) is 12.7. The van der Waals surface area contributed by atoms with E-state index < -0.39 is 11.1 Å². The molecule has 0 radical (unpaired) electrons. The molecule has 0 aliphatic carbocycles. The molecular formula is C16H23NO3. The molecule has 1 N–H and O–H groups in total. The molecule has 0 aromatic heterocycles. The van der Waals surface area contributed by atoms with Crippen LogP contribution in [0, 0.1) is 0 Å². The molecule has 1 heterocycles. The molecule has 1 aromatic rings. The first-order valence-electron chi connectivity index (χ1n) is 7.07. The van der Waals surface area contributed by atoms with E-state index in [9.17, 15) is 4.79 Å². The molecule has 4 nitrogen and oxygen atoms in total. The molecule has 0 bridgehead atoms. The fraction of sp³-hybridized carbons (Fsp3) is 0.562. The minimum Gasteiger partial charge on any atom is -0.487 e. The smallest absolute Gasteiger partial charge is 0.331 e. The quantitative estimate of drug-likeness (QED) is 0.859. The van der Waals surface area contributed by atoms with Crippen molar-refractivity contribution in [1.29, 1.82) is 0 Å². The van der Waals surface area contributed by atoms with Gasteiger partial charge in [0.1, 0.15) is 16.9 Å². The topological polar surface area (TPSA) is 47.6 Å². The average molecular weight is 277 g/mol. The molecule has 1 atom stereocenters. The van der Waals surface area contributed by atoms with Gasteiger partial charge in [0.25, 0.3) is 0 Å². The minimum absolute atomic E-state index is 0.255. The Kier molecular flexibility index (Phi) is 4.04. The monoisotopic (exact) mass is 277 g/mol. The molecular weight excluding hydrogens is 254 g/mol. The fourth-order valence-corrected chi connectivity index (χ4v) is 2.90. The minimum atomic E-state index is -0.830. The molecule has 2 rings (SSSR count). The van der Waals surface area contributed by atoms with E-state index in [2.05, 4.69) is 12.2 Å². The summed E-state index contributed by atoms with van der Waals surface area (Å²) >= 11 is 0. The van der Waals surface area contributed by atoms with E-state index in [1.807, 2.05) is 38.1 Å². The van der Waals surface area contributed by atoms with Gasteiger partial charge < -0.3 is 9.47 Å². The number of methoxy groups -OCH3 is 1. The normalized spacial score (nSPS) is 23.6. The van der Waals surface area contributed by atoms with Crippen molar-refractivity contribution in [3.63, 3.8) is 0 Å². The number of nitrogens with one attached hydrogen (secondary N) is 1. The van der Waals surface area contributed by atoms with Crippen molar-refractivity contribution in [3.05, 3.63) is 29.8 Å². The number of ether oxygens (including phenoxy) is 2. The van der Waals surface area contributed by atoms with Gasteiger partial charge >= 0.3 is 5.97 Å². The molecule has 1 unspecified atom stereocenters. The highest BCUT2D eigenvalue weighted by Gasteiger charge is 2.50. The molecule has 0 fully saturated rings.